The fraction of sp³-hybridized carbons (Fsp3) is 0.636. The Balaban J connectivity index is 2.11. The summed E-state index contributed by atoms with van der Waals surface area (Å²) in [6, 6.07) is 0. The van der Waals surface area contributed by atoms with Gasteiger partial charge in [0.15, 0.2) is 0 Å². The summed E-state index contributed by atoms with van der Waals surface area (Å²) >= 11 is 0. The van der Waals surface area contributed by atoms with Gasteiger partial charge in [0.1, 0.15) is 11.5 Å². The van der Waals surface area contributed by atoms with Crippen LogP contribution in [0.2, 0.25) is 0 Å². The van der Waals surface area contributed by atoms with Crippen molar-refractivity contribution in [3.05, 3.63) is 12.2 Å². The molecule has 4 atom stereocenters. The molecule has 1 heterocycles. The molecular formula is C11H12O4. The molecule has 1 saturated heterocycles. The Morgan fingerprint density at radius 2 is 2.27 bits per heavy atom. The second-order valence-electron chi connectivity index (χ2n) is 4.46. The lowest BCUT2D eigenvalue weighted by Crippen LogP contribution is -2.52. The molecule has 3 aliphatic carbocycles. The summed E-state index contributed by atoms with van der Waals surface area (Å²) in [4.78, 5) is 23.2. The second-order valence-corrected chi connectivity index (χ2v) is 4.46. The van der Waals surface area contributed by atoms with Gasteiger partial charge in [0.25, 0.3) is 0 Å². The number of ether oxygens (including phenoxy) is 2. The molecule has 1 saturated carbocycles. The van der Waals surface area contributed by atoms with Gasteiger partial charge in [-0.15, -0.1) is 0 Å². The lowest BCUT2D eigenvalue weighted by Gasteiger charge is -2.46. The Kier molecular flexibility index (Phi) is 1.63. The maximum atomic E-state index is 11.6. The lowest BCUT2D eigenvalue weighted by molar-refractivity contribution is -0.155. The summed E-state index contributed by atoms with van der Waals surface area (Å²) in [5.41, 5.74) is -0.595. The van der Waals surface area contributed by atoms with Gasteiger partial charge >= 0.3 is 11.9 Å². The van der Waals surface area contributed by atoms with Crippen LogP contribution in [0.1, 0.15) is 12.8 Å². The number of methoxy groups -OCH3 is 1. The zero-order valence-corrected chi connectivity index (χ0v) is 8.43. The molecule has 2 bridgehead atoms. The van der Waals surface area contributed by atoms with Crippen LogP contribution < -0.4 is 0 Å². The van der Waals surface area contributed by atoms with Crippen LogP contribution in [0.25, 0.3) is 0 Å². The number of rotatable bonds is 1. The average molecular weight is 208 g/mol. The first-order valence-corrected chi connectivity index (χ1v) is 5.18. The van der Waals surface area contributed by atoms with E-state index in [1.54, 1.807) is 7.11 Å². The van der Waals surface area contributed by atoms with Gasteiger partial charge in [-0.25, -0.2) is 0 Å². The Morgan fingerprint density at radius 1 is 1.47 bits per heavy atom. The van der Waals surface area contributed by atoms with Crippen LogP contribution in [0.3, 0.4) is 0 Å². The van der Waals surface area contributed by atoms with Gasteiger partial charge in [0.05, 0.1) is 5.92 Å². The summed E-state index contributed by atoms with van der Waals surface area (Å²) in [7, 11) is 1.59. The molecule has 0 amide bonds. The van der Waals surface area contributed by atoms with Gasteiger partial charge in [-0.3, -0.25) is 9.59 Å². The molecule has 0 aromatic carbocycles. The maximum Gasteiger partial charge on any atom is 0.320 e. The summed E-state index contributed by atoms with van der Waals surface area (Å²) in [6.07, 6.45) is 5.62. The maximum absolute atomic E-state index is 11.6. The van der Waals surface area contributed by atoms with Gasteiger partial charge in [-0.1, -0.05) is 12.2 Å². The van der Waals surface area contributed by atoms with Crippen LogP contribution in [0.15, 0.2) is 12.2 Å². The molecule has 4 heteroatoms. The average Bonchev–Trinajstić information content (AvgIpc) is 2.59. The number of carbonyl (C=O) groups excluding carboxylic acids is 2. The van der Waals surface area contributed by atoms with E-state index in [4.69, 9.17) is 9.47 Å². The van der Waals surface area contributed by atoms with Crippen LogP contribution in [0.5, 0.6) is 0 Å². The van der Waals surface area contributed by atoms with Crippen LogP contribution in [0, 0.1) is 17.8 Å². The van der Waals surface area contributed by atoms with Crippen LogP contribution in [-0.2, 0) is 19.1 Å². The fourth-order valence-electron chi connectivity index (χ4n) is 3.15. The van der Waals surface area contributed by atoms with Crippen LogP contribution in [0.4, 0.5) is 0 Å². The Labute approximate surface area is 87.2 Å². The van der Waals surface area contributed by atoms with Crippen molar-refractivity contribution in [2.24, 2.45) is 17.8 Å². The first-order chi connectivity index (χ1) is 7.18. The van der Waals surface area contributed by atoms with Gasteiger partial charge in [-0.05, 0) is 18.8 Å². The van der Waals surface area contributed by atoms with E-state index in [0.29, 0.717) is 0 Å². The van der Waals surface area contributed by atoms with Gasteiger partial charge in [0.2, 0.25) is 0 Å². The van der Waals surface area contributed by atoms with E-state index in [2.05, 4.69) is 0 Å². The van der Waals surface area contributed by atoms with E-state index < -0.39 is 17.5 Å². The predicted molar refractivity (Wildman–Crippen MR) is 49.7 cm³/mol. The molecule has 0 aromatic rings. The molecule has 2 fully saturated rings. The van der Waals surface area contributed by atoms with Gasteiger partial charge in [-0.2, -0.15) is 0 Å². The van der Waals surface area contributed by atoms with Gasteiger partial charge < -0.3 is 9.47 Å². The molecule has 4 nitrogen and oxygen atoms in total. The fourth-order valence-corrected chi connectivity index (χ4v) is 3.15. The zero-order valence-electron chi connectivity index (χ0n) is 8.43. The van der Waals surface area contributed by atoms with E-state index in [9.17, 15) is 9.59 Å². The van der Waals surface area contributed by atoms with Gasteiger partial charge in [0, 0.05) is 7.11 Å². The molecule has 0 N–H and O–H groups in total. The van der Waals surface area contributed by atoms with Crippen molar-refractivity contribution in [1.82, 2.24) is 0 Å². The largest absolute Gasteiger partial charge is 0.393 e. The summed E-state index contributed by atoms with van der Waals surface area (Å²) in [5, 5.41) is 0. The van der Waals surface area contributed by atoms with E-state index in [-0.39, 0.29) is 17.8 Å². The monoisotopic (exact) mass is 208 g/mol. The van der Waals surface area contributed by atoms with Crippen molar-refractivity contribution >= 4 is 11.9 Å². The first kappa shape index (κ1) is 9.09. The number of cyclic esters (lactones) is 2. The highest BCUT2D eigenvalue weighted by molar-refractivity contribution is 5.98. The topological polar surface area (TPSA) is 52.6 Å². The molecule has 4 rings (SSSR count). The standard InChI is InChI=1S/C11H12O4/c1-14-11-4-2-6(3-5-11)7-8(11)10(13)15-9(7)12/h2,4,6-8H,3,5H2,1H3/t6-,7?,8?,11-/m0/s1. The quantitative estimate of drug-likeness (QED) is 0.361. The van der Waals surface area contributed by atoms with E-state index in [1.165, 1.54) is 0 Å². The molecule has 1 aliphatic heterocycles. The Morgan fingerprint density at radius 3 is 2.87 bits per heavy atom. The number of allylic oxidation sites excluding steroid dienone is 1. The summed E-state index contributed by atoms with van der Waals surface area (Å²) in [5.74, 6) is -1.36. The van der Waals surface area contributed by atoms with Crippen molar-refractivity contribution in [1.29, 1.82) is 0 Å². The molecule has 4 aliphatic rings. The van der Waals surface area contributed by atoms with E-state index >= 15 is 0 Å². The molecule has 15 heavy (non-hydrogen) atoms. The minimum atomic E-state index is -0.595. The van der Waals surface area contributed by atoms with Crippen LogP contribution >= 0.6 is 0 Å². The summed E-state index contributed by atoms with van der Waals surface area (Å²) < 4.78 is 10.2. The highest BCUT2D eigenvalue weighted by atomic mass is 16.6. The van der Waals surface area contributed by atoms with E-state index in [1.807, 2.05) is 12.2 Å². The highest BCUT2D eigenvalue weighted by Crippen LogP contribution is 2.52. The molecule has 0 aromatic heterocycles. The lowest BCUT2D eigenvalue weighted by atomic mass is 9.60. The van der Waals surface area contributed by atoms with Crippen molar-refractivity contribution < 1.29 is 19.1 Å². The number of carbonyl (C=O) groups is 2. The SMILES string of the molecule is CO[C@@]12C=C[C@@H](CC1)C1C(=O)OC(=O)C12. The third kappa shape index (κ3) is 0.951. The number of hydrogen-bond acceptors (Lipinski definition) is 4. The first-order valence-electron chi connectivity index (χ1n) is 5.18. The molecular weight excluding hydrogens is 196 g/mol. The number of fused-ring (bicyclic) bond motifs is 1. The molecule has 80 valence electrons. The third-order valence-corrected chi connectivity index (χ3v) is 3.95. The molecule has 0 spiro atoms. The minimum Gasteiger partial charge on any atom is -0.393 e. The summed E-state index contributed by atoms with van der Waals surface area (Å²) in [6.45, 7) is 0. The normalized spacial score (nSPS) is 46.9. The highest BCUT2D eigenvalue weighted by Gasteiger charge is 2.62. The van der Waals surface area contributed by atoms with Crippen molar-refractivity contribution in [2.45, 2.75) is 18.4 Å². The Bertz CT molecular complexity index is 373. The molecule has 2 unspecified atom stereocenters. The van der Waals surface area contributed by atoms with Crippen molar-refractivity contribution in [2.75, 3.05) is 7.11 Å². The number of esters is 2. The van der Waals surface area contributed by atoms with E-state index in [0.717, 1.165) is 12.8 Å². The van der Waals surface area contributed by atoms with Crippen molar-refractivity contribution in [3.63, 3.8) is 0 Å². The predicted octanol–water partition coefficient (Wildman–Crippen LogP) is 0.667. The zero-order chi connectivity index (χ0) is 10.6. The smallest absolute Gasteiger partial charge is 0.320 e. The Hall–Kier alpha value is -1.16. The second kappa shape index (κ2) is 2.70. The number of hydrogen-bond donors (Lipinski definition) is 0. The minimum absolute atomic E-state index is 0.158. The van der Waals surface area contributed by atoms with Crippen molar-refractivity contribution in [3.8, 4) is 0 Å². The third-order valence-electron chi connectivity index (χ3n) is 3.95. The van der Waals surface area contributed by atoms with Crippen LogP contribution in [-0.4, -0.2) is 24.6 Å². The molecule has 0 radical (unpaired) electrons.